The van der Waals surface area contributed by atoms with Crippen molar-refractivity contribution < 1.29 is 22.7 Å². The minimum absolute atomic E-state index is 0.0393. The van der Waals surface area contributed by atoms with E-state index in [0.29, 0.717) is 5.75 Å². The van der Waals surface area contributed by atoms with Gasteiger partial charge in [-0.15, -0.1) is 0 Å². The molecule has 0 bridgehead atoms. The van der Waals surface area contributed by atoms with Crippen LogP contribution in [-0.2, 0) is 4.79 Å². The largest absolute Gasteiger partial charge is 0.497 e. The number of hydrogen-bond donors (Lipinski definition) is 1. The lowest BCUT2D eigenvalue weighted by atomic mass is 10.1. The Labute approximate surface area is 121 Å². The molecular formula is C14H19F3N2O2. The van der Waals surface area contributed by atoms with Gasteiger partial charge in [0.25, 0.3) is 0 Å². The average Bonchev–Trinajstić information content (AvgIpc) is 2.42. The number of carbonyl (C=O) groups is 1. The second kappa shape index (κ2) is 6.80. The van der Waals surface area contributed by atoms with Crippen molar-refractivity contribution in [3.63, 3.8) is 0 Å². The molecule has 0 aromatic heterocycles. The zero-order valence-electron chi connectivity index (χ0n) is 12.4. The van der Waals surface area contributed by atoms with Gasteiger partial charge in [0.1, 0.15) is 5.75 Å². The van der Waals surface area contributed by atoms with Gasteiger partial charge in [-0.1, -0.05) is 12.1 Å². The Morgan fingerprint density at radius 1 is 1.24 bits per heavy atom. The highest BCUT2D eigenvalue weighted by Crippen LogP contribution is 2.33. The van der Waals surface area contributed by atoms with E-state index in [-0.39, 0.29) is 5.56 Å². The molecule has 0 aliphatic rings. The van der Waals surface area contributed by atoms with Crippen LogP contribution in [0.1, 0.15) is 18.5 Å². The summed E-state index contributed by atoms with van der Waals surface area (Å²) in [6, 6.07) is 2.73. The molecule has 0 heterocycles. The summed E-state index contributed by atoms with van der Waals surface area (Å²) in [5, 5.41) is 2.05. The van der Waals surface area contributed by atoms with E-state index in [9.17, 15) is 18.0 Å². The summed E-state index contributed by atoms with van der Waals surface area (Å²) in [7, 11) is 4.68. The van der Waals surface area contributed by atoms with Gasteiger partial charge < -0.3 is 10.1 Å². The number of rotatable bonds is 5. The Morgan fingerprint density at radius 3 is 2.14 bits per heavy atom. The van der Waals surface area contributed by atoms with E-state index in [1.807, 2.05) is 5.32 Å². The van der Waals surface area contributed by atoms with Crippen LogP contribution >= 0.6 is 0 Å². The van der Waals surface area contributed by atoms with E-state index < -0.39 is 24.2 Å². The molecule has 1 N–H and O–H groups in total. The predicted octanol–water partition coefficient (Wildman–Crippen LogP) is 2.36. The third-order valence-electron chi connectivity index (χ3n) is 3.22. The molecule has 1 amide bonds. The molecule has 21 heavy (non-hydrogen) atoms. The van der Waals surface area contributed by atoms with Crippen molar-refractivity contribution in [2.75, 3.05) is 21.2 Å². The zero-order valence-corrected chi connectivity index (χ0v) is 12.4. The summed E-state index contributed by atoms with van der Waals surface area (Å²) in [6.45, 7) is 1.54. The first-order valence-electron chi connectivity index (χ1n) is 6.34. The topological polar surface area (TPSA) is 41.6 Å². The molecule has 0 saturated heterocycles. The molecule has 1 unspecified atom stereocenters. The molecule has 1 rings (SSSR count). The monoisotopic (exact) mass is 304 g/mol. The number of benzene rings is 1. The summed E-state index contributed by atoms with van der Waals surface area (Å²) >= 11 is 0. The van der Waals surface area contributed by atoms with Crippen molar-refractivity contribution in [3.05, 3.63) is 29.8 Å². The molecule has 7 heteroatoms. The van der Waals surface area contributed by atoms with Gasteiger partial charge >= 0.3 is 6.18 Å². The van der Waals surface area contributed by atoms with Gasteiger partial charge in [0, 0.05) is 0 Å². The summed E-state index contributed by atoms with van der Waals surface area (Å²) in [4.78, 5) is 13.4. The molecule has 0 saturated carbocycles. The number of halogens is 3. The Morgan fingerprint density at radius 2 is 1.76 bits per heavy atom. The third kappa shape index (κ3) is 4.63. The number of hydrogen-bond acceptors (Lipinski definition) is 3. The SMILES string of the molecule is COc1ccc(C(NC(=O)[C@H](C)N(C)C)C(F)(F)F)cc1. The molecule has 0 aliphatic carbocycles. The van der Waals surface area contributed by atoms with Crippen molar-refractivity contribution >= 4 is 5.91 Å². The Bertz CT molecular complexity index is 472. The van der Waals surface area contributed by atoms with Crippen LogP contribution in [-0.4, -0.2) is 44.2 Å². The summed E-state index contributed by atoms with van der Waals surface area (Å²) in [5.41, 5.74) is -0.0393. The Hall–Kier alpha value is -1.76. The quantitative estimate of drug-likeness (QED) is 0.908. The van der Waals surface area contributed by atoms with Gasteiger partial charge in [-0.2, -0.15) is 13.2 Å². The lowest BCUT2D eigenvalue weighted by molar-refractivity contribution is -0.164. The molecule has 0 spiro atoms. The van der Waals surface area contributed by atoms with Crippen molar-refractivity contribution in [1.29, 1.82) is 0 Å². The molecule has 2 atom stereocenters. The van der Waals surface area contributed by atoms with Crippen LogP contribution in [0.4, 0.5) is 13.2 Å². The highest BCUT2D eigenvalue weighted by molar-refractivity contribution is 5.81. The molecule has 4 nitrogen and oxygen atoms in total. The van der Waals surface area contributed by atoms with Crippen LogP contribution in [0.25, 0.3) is 0 Å². The predicted molar refractivity (Wildman–Crippen MR) is 73.1 cm³/mol. The van der Waals surface area contributed by atoms with Gasteiger partial charge in [-0.05, 0) is 38.7 Å². The Kier molecular flexibility index (Phi) is 5.60. The van der Waals surface area contributed by atoms with E-state index in [0.717, 1.165) is 0 Å². The van der Waals surface area contributed by atoms with E-state index in [1.165, 1.54) is 43.2 Å². The smallest absolute Gasteiger partial charge is 0.412 e. The van der Waals surface area contributed by atoms with Crippen LogP contribution in [0.3, 0.4) is 0 Å². The van der Waals surface area contributed by atoms with Crippen molar-refractivity contribution in [2.45, 2.75) is 25.2 Å². The van der Waals surface area contributed by atoms with Crippen LogP contribution in [0.2, 0.25) is 0 Å². The van der Waals surface area contributed by atoms with Gasteiger partial charge in [-0.25, -0.2) is 0 Å². The van der Waals surface area contributed by atoms with Gasteiger partial charge in [0.05, 0.1) is 13.2 Å². The van der Waals surface area contributed by atoms with Crippen LogP contribution < -0.4 is 10.1 Å². The Balaban J connectivity index is 2.98. The highest BCUT2D eigenvalue weighted by atomic mass is 19.4. The van der Waals surface area contributed by atoms with Gasteiger partial charge in [0.2, 0.25) is 5.91 Å². The highest BCUT2D eigenvalue weighted by Gasteiger charge is 2.42. The fraction of sp³-hybridized carbons (Fsp3) is 0.500. The normalized spacial score (nSPS) is 14.7. The number of likely N-dealkylation sites (N-methyl/N-ethyl adjacent to an activating group) is 1. The molecule has 1 aromatic carbocycles. The number of alkyl halides is 3. The van der Waals surface area contributed by atoms with E-state index >= 15 is 0 Å². The zero-order chi connectivity index (χ0) is 16.2. The fourth-order valence-corrected chi connectivity index (χ4v) is 1.65. The summed E-state index contributed by atoms with van der Waals surface area (Å²) in [6.07, 6.45) is -4.57. The maximum atomic E-state index is 13.2. The lowest BCUT2D eigenvalue weighted by Gasteiger charge is -2.26. The van der Waals surface area contributed by atoms with Gasteiger partial charge in [-0.3, -0.25) is 9.69 Å². The van der Waals surface area contributed by atoms with Crippen molar-refractivity contribution in [1.82, 2.24) is 10.2 Å². The summed E-state index contributed by atoms with van der Waals surface area (Å²) in [5.74, 6) is -0.231. The first-order valence-corrected chi connectivity index (χ1v) is 6.34. The second-order valence-electron chi connectivity index (χ2n) is 4.90. The number of carbonyl (C=O) groups excluding carboxylic acids is 1. The maximum absolute atomic E-state index is 13.2. The van der Waals surface area contributed by atoms with Crippen molar-refractivity contribution in [2.24, 2.45) is 0 Å². The number of ether oxygens (including phenoxy) is 1. The minimum Gasteiger partial charge on any atom is -0.497 e. The van der Waals surface area contributed by atoms with Crippen molar-refractivity contribution in [3.8, 4) is 5.75 Å². The molecule has 0 fully saturated rings. The van der Waals surface area contributed by atoms with Crippen LogP contribution in [0, 0.1) is 0 Å². The third-order valence-corrected chi connectivity index (χ3v) is 3.22. The second-order valence-corrected chi connectivity index (χ2v) is 4.90. The molecule has 118 valence electrons. The van der Waals surface area contributed by atoms with E-state index in [1.54, 1.807) is 14.1 Å². The number of nitrogens with one attached hydrogen (secondary N) is 1. The van der Waals surface area contributed by atoms with Crippen LogP contribution in [0.15, 0.2) is 24.3 Å². The van der Waals surface area contributed by atoms with Gasteiger partial charge in [0.15, 0.2) is 6.04 Å². The molecule has 0 aliphatic heterocycles. The number of amides is 1. The first-order chi connectivity index (χ1) is 9.66. The first kappa shape index (κ1) is 17.3. The van der Waals surface area contributed by atoms with Crippen LogP contribution in [0.5, 0.6) is 5.75 Å². The minimum atomic E-state index is -4.57. The summed E-state index contributed by atoms with van der Waals surface area (Å²) < 4.78 is 44.4. The fourth-order valence-electron chi connectivity index (χ4n) is 1.65. The molecule has 1 aromatic rings. The molecular weight excluding hydrogens is 285 g/mol. The maximum Gasteiger partial charge on any atom is 0.412 e. The molecule has 0 radical (unpaired) electrons. The average molecular weight is 304 g/mol. The van der Waals surface area contributed by atoms with E-state index in [2.05, 4.69) is 0 Å². The standard InChI is InChI=1S/C14H19F3N2O2/c1-9(19(2)3)13(20)18-12(14(15,16)17)10-5-7-11(21-4)8-6-10/h5-9,12H,1-4H3,(H,18,20)/t9-,12?/m0/s1. The lowest BCUT2D eigenvalue weighted by Crippen LogP contribution is -2.46. The number of nitrogens with zero attached hydrogens (tertiary/aromatic N) is 1. The van der Waals surface area contributed by atoms with E-state index in [4.69, 9.17) is 4.74 Å². The number of methoxy groups -OCH3 is 1.